The summed E-state index contributed by atoms with van der Waals surface area (Å²) in [5.41, 5.74) is 1.84. The summed E-state index contributed by atoms with van der Waals surface area (Å²) in [7, 11) is 0. The fourth-order valence-electron chi connectivity index (χ4n) is 3.49. The Morgan fingerprint density at radius 3 is 3.14 bits per heavy atom. The molecule has 120 valence electrons. The number of hydrogen-bond acceptors (Lipinski definition) is 3. The third-order valence-corrected chi connectivity index (χ3v) is 4.50. The first-order chi connectivity index (χ1) is 10.6. The molecule has 0 bridgehead atoms. The van der Waals surface area contributed by atoms with E-state index in [2.05, 4.69) is 24.1 Å². The van der Waals surface area contributed by atoms with Crippen molar-refractivity contribution in [3.05, 3.63) is 29.3 Å². The van der Waals surface area contributed by atoms with Gasteiger partial charge in [-0.3, -0.25) is 4.79 Å². The van der Waals surface area contributed by atoms with Gasteiger partial charge >= 0.3 is 0 Å². The first-order valence-corrected chi connectivity index (χ1v) is 8.38. The van der Waals surface area contributed by atoms with E-state index in [1.165, 1.54) is 6.42 Å². The van der Waals surface area contributed by atoms with Gasteiger partial charge in [0.05, 0.1) is 12.2 Å². The van der Waals surface area contributed by atoms with E-state index >= 15 is 0 Å². The van der Waals surface area contributed by atoms with Gasteiger partial charge in [0.2, 0.25) is 0 Å². The van der Waals surface area contributed by atoms with Gasteiger partial charge in [0.15, 0.2) is 0 Å². The van der Waals surface area contributed by atoms with E-state index in [1.54, 1.807) is 0 Å². The van der Waals surface area contributed by atoms with Crippen LogP contribution in [0.5, 0.6) is 5.75 Å². The molecule has 0 unspecified atom stereocenters. The quantitative estimate of drug-likeness (QED) is 0.907. The minimum absolute atomic E-state index is 0.000981. The lowest BCUT2D eigenvalue weighted by Crippen LogP contribution is -2.32. The van der Waals surface area contributed by atoms with Crippen molar-refractivity contribution in [2.75, 3.05) is 32.8 Å². The van der Waals surface area contributed by atoms with Crippen LogP contribution in [0, 0.1) is 11.8 Å². The van der Waals surface area contributed by atoms with Crippen molar-refractivity contribution in [1.82, 2.24) is 10.2 Å². The molecule has 1 saturated heterocycles. The lowest BCUT2D eigenvalue weighted by Gasteiger charge is -2.18. The molecule has 0 radical (unpaired) electrons. The van der Waals surface area contributed by atoms with Crippen LogP contribution in [-0.2, 0) is 6.42 Å². The first-order valence-electron chi connectivity index (χ1n) is 8.38. The van der Waals surface area contributed by atoms with E-state index in [0.717, 1.165) is 43.9 Å². The summed E-state index contributed by atoms with van der Waals surface area (Å²) in [5.74, 6) is 2.06. The highest BCUT2D eigenvalue weighted by atomic mass is 16.5. The van der Waals surface area contributed by atoms with Crippen LogP contribution in [-0.4, -0.2) is 43.6 Å². The zero-order valence-electron chi connectivity index (χ0n) is 13.6. The molecule has 1 aromatic carbocycles. The number of hydrogen-bond donors (Lipinski definition) is 1. The van der Waals surface area contributed by atoms with E-state index < -0.39 is 0 Å². The Labute approximate surface area is 132 Å². The topological polar surface area (TPSA) is 41.6 Å². The molecule has 0 spiro atoms. The van der Waals surface area contributed by atoms with E-state index in [9.17, 15) is 4.79 Å². The van der Waals surface area contributed by atoms with Crippen LogP contribution in [0.15, 0.2) is 18.2 Å². The first kappa shape index (κ1) is 15.3. The third kappa shape index (κ3) is 3.43. The number of fused-ring (bicyclic) bond motifs is 1. The van der Waals surface area contributed by atoms with Gasteiger partial charge in [-0.2, -0.15) is 0 Å². The number of ether oxygens (including phenoxy) is 1. The smallest absolute Gasteiger partial charge is 0.255 e. The van der Waals surface area contributed by atoms with Gasteiger partial charge in [-0.15, -0.1) is 0 Å². The Morgan fingerprint density at radius 2 is 2.32 bits per heavy atom. The molecule has 1 atom stereocenters. The molecule has 2 heterocycles. The maximum atomic E-state index is 12.4. The highest BCUT2D eigenvalue weighted by Crippen LogP contribution is 2.29. The van der Waals surface area contributed by atoms with E-state index in [4.69, 9.17) is 4.74 Å². The lowest BCUT2D eigenvalue weighted by atomic mass is 10.1. The molecule has 3 rings (SSSR count). The van der Waals surface area contributed by atoms with Crippen molar-refractivity contribution in [3.63, 3.8) is 0 Å². The summed E-state index contributed by atoms with van der Waals surface area (Å²) in [6.45, 7) is 9.37. The maximum Gasteiger partial charge on any atom is 0.255 e. The number of benzene rings is 1. The molecule has 0 saturated carbocycles. The zero-order chi connectivity index (χ0) is 15.5. The SMILES string of the molecule is CC(C)CN1CC[C@H](CNC(=O)c2cccc3c2OCC3)C1. The Balaban J connectivity index is 1.52. The average Bonchev–Trinajstić information content (AvgIpc) is 3.12. The van der Waals surface area contributed by atoms with E-state index in [1.807, 2.05) is 18.2 Å². The Morgan fingerprint density at radius 1 is 1.45 bits per heavy atom. The number of nitrogens with one attached hydrogen (secondary N) is 1. The summed E-state index contributed by atoms with van der Waals surface area (Å²) >= 11 is 0. The zero-order valence-corrected chi connectivity index (χ0v) is 13.6. The standard InChI is InChI=1S/C18H26N2O2/c1-13(2)11-20-8-6-14(12-20)10-19-18(21)16-5-3-4-15-7-9-22-17(15)16/h3-5,13-14H,6-12H2,1-2H3,(H,19,21)/t14-/m1/s1. The van der Waals surface area contributed by atoms with Crippen LogP contribution >= 0.6 is 0 Å². The van der Waals surface area contributed by atoms with Crippen LogP contribution in [0.4, 0.5) is 0 Å². The Kier molecular flexibility index (Phi) is 4.67. The molecule has 1 aromatic rings. The average molecular weight is 302 g/mol. The maximum absolute atomic E-state index is 12.4. The summed E-state index contributed by atoms with van der Waals surface area (Å²) in [6, 6.07) is 5.85. The van der Waals surface area contributed by atoms with Crippen molar-refractivity contribution in [1.29, 1.82) is 0 Å². The van der Waals surface area contributed by atoms with Gasteiger partial charge in [-0.1, -0.05) is 26.0 Å². The van der Waals surface area contributed by atoms with Gasteiger partial charge in [-0.25, -0.2) is 0 Å². The second-order valence-electron chi connectivity index (χ2n) is 6.91. The summed E-state index contributed by atoms with van der Waals surface area (Å²) in [5, 5.41) is 3.10. The van der Waals surface area contributed by atoms with Crippen molar-refractivity contribution < 1.29 is 9.53 Å². The highest BCUT2D eigenvalue weighted by molar-refractivity contribution is 5.97. The van der Waals surface area contributed by atoms with Crippen molar-refractivity contribution in [2.45, 2.75) is 26.7 Å². The fourth-order valence-corrected chi connectivity index (χ4v) is 3.49. The van der Waals surface area contributed by atoms with Gasteiger partial charge in [0.25, 0.3) is 5.91 Å². The Bertz CT molecular complexity index is 542. The normalized spacial score (nSPS) is 21.0. The van der Waals surface area contributed by atoms with Crippen LogP contribution in [0.1, 0.15) is 36.2 Å². The summed E-state index contributed by atoms with van der Waals surface area (Å²) in [4.78, 5) is 14.9. The van der Waals surface area contributed by atoms with Crippen molar-refractivity contribution in [3.8, 4) is 5.75 Å². The fraction of sp³-hybridized carbons (Fsp3) is 0.611. The lowest BCUT2D eigenvalue weighted by molar-refractivity contribution is 0.0944. The van der Waals surface area contributed by atoms with Gasteiger partial charge < -0.3 is 15.0 Å². The summed E-state index contributed by atoms with van der Waals surface area (Å²) in [6.07, 6.45) is 2.08. The molecule has 1 N–H and O–H groups in total. The molecule has 1 amide bonds. The summed E-state index contributed by atoms with van der Waals surface area (Å²) < 4.78 is 5.61. The molecule has 22 heavy (non-hydrogen) atoms. The second kappa shape index (κ2) is 6.69. The number of rotatable bonds is 5. The minimum Gasteiger partial charge on any atom is -0.492 e. The van der Waals surface area contributed by atoms with Gasteiger partial charge in [0, 0.05) is 26.1 Å². The number of nitrogens with zero attached hydrogens (tertiary/aromatic N) is 1. The van der Waals surface area contributed by atoms with Crippen LogP contribution in [0.3, 0.4) is 0 Å². The number of likely N-dealkylation sites (tertiary alicyclic amines) is 1. The monoisotopic (exact) mass is 302 g/mol. The largest absolute Gasteiger partial charge is 0.492 e. The molecule has 4 nitrogen and oxygen atoms in total. The molecule has 2 aliphatic rings. The molecular weight excluding hydrogens is 276 g/mol. The molecule has 0 aromatic heterocycles. The second-order valence-corrected chi connectivity index (χ2v) is 6.91. The van der Waals surface area contributed by atoms with Crippen LogP contribution < -0.4 is 10.1 Å². The number of carbonyl (C=O) groups is 1. The number of amides is 1. The van der Waals surface area contributed by atoms with E-state index in [-0.39, 0.29) is 5.91 Å². The Hall–Kier alpha value is -1.55. The van der Waals surface area contributed by atoms with Crippen molar-refractivity contribution >= 4 is 5.91 Å². The van der Waals surface area contributed by atoms with Crippen LogP contribution in [0.25, 0.3) is 0 Å². The molecule has 1 fully saturated rings. The van der Waals surface area contributed by atoms with Crippen LogP contribution in [0.2, 0.25) is 0 Å². The highest BCUT2D eigenvalue weighted by Gasteiger charge is 2.25. The molecule has 0 aliphatic carbocycles. The molecule has 2 aliphatic heterocycles. The third-order valence-electron chi connectivity index (χ3n) is 4.50. The predicted octanol–water partition coefficient (Wildman–Crippen LogP) is 2.33. The number of para-hydroxylation sites is 1. The predicted molar refractivity (Wildman–Crippen MR) is 87.4 cm³/mol. The van der Waals surface area contributed by atoms with E-state index in [0.29, 0.717) is 24.0 Å². The number of carbonyl (C=O) groups excluding carboxylic acids is 1. The van der Waals surface area contributed by atoms with Crippen molar-refractivity contribution in [2.24, 2.45) is 11.8 Å². The van der Waals surface area contributed by atoms with Gasteiger partial charge in [-0.05, 0) is 36.4 Å². The molecular formula is C18H26N2O2. The molecule has 4 heteroatoms. The minimum atomic E-state index is 0.000981. The van der Waals surface area contributed by atoms with Gasteiger partial charge in [0.1, 0.15) is 5.75 Å².